The van der Waals surface area contributed by atoms with Gasteiger partial charge >= 0.3 is 0 Å². The highest BCUT2D eigenvalue weighted by Gasteiger charge is 2.08. The second-order valence-electron chi connectivity index (χ2n) is 5.51. The highest BCUT2D eigenvalue weighted by atomic mass is 16.1. The first-order valence-electron chi connectivity index (χ1n) is 7.49. The van der Waals surface area contributed by atoms with Gasteiger partial charge in [-0.2, -0.15) is 0 Å². The van der Waals surface area contributed by atoms with Crippen LogP contribution in [0.4, 0.5) is 5.69 Å². The summed E-state index contributed by atoms with van der Waals surface area (Å²) in [7, 11) is 0. The van der Waals surface area contributed by atoms with Gasteiger partial charge in [0.1, 0.15) is 0 Å². The predicted octanol–water partition coefficient (Wildman–Crippen LogP) is 4.28. The van der Waals surface area contributed by atoms with Crippen LogP contribution in [0.15, 0.2) is 60.7 Å². The van der Waals surface area contributed by atoms with E-state index in [2.05, 4.69) is 11.2 Å². The number of carbonyl (C=O) groups is 2. The van der Waals surface area contributed by atoms with Crippen LogP contribution in [-0.4, -0.2) is 11.7 Å². The molecule has 0 aliphatic rings. The van der Waals surface area contributed by atoms with Crippen molar-refractivity contribution in [2.24, 2.45) is 0 Å². The number of nitrogens with one attached hydrogen (secondary N) is 1. The summed E-state index contributed by atoms with van der Waals surface area (Å²) in [6.45, 7) is 1.53. The molecule has 0 bridgehead atoms. The summed E-state index contributed by atoms with van der Waals surface area (Å²) in [6.07, 6.45) is 5.32. The molecule has 0 heterocycles. The molecule has 0 saturated heterocycles. The fourth-order valence-corrected chi connectivity index (χ4v) is 2.46. The maximum atomic E-state index is 12.4. The number of hydrogen-bond donors (Lipinski definition) is 1. The van der Waals surface area contributed by atoms with Crippen LogP contribution in [0, 0.1) is 12.3 Å². The molecule has 0 radical (unpaired) electrons. The van der Waals surface area contributed by atoms with E-state index in [1.165, 1.54) is 6.92 Å². The third kappa shape index (κ3) is 3.18. The lowest BCUT2D eigenvalue weighted by Gasteiger charge is -2.07. The molecule has 3 heteroatoms. The fraction of sp³-hybridized carbons (Fsp3) is 0.0476. The van der Waals surface area contributed by atoms with Gasteiger partial charge in [0, 0.05) is 22.4 Å². The Labute approximate surface area is 140 Å². The van der Waals surface area contributed by atoms with Crippen LogP contribution in [0.5, 0.6) is 0 Å². The molecule has 1 amide bonds. The maximum Gasteiger partial charge on any atom is 0.255 e. The molecule has 116 valence electrons. The number of ketones is 1. The van der Waals surface area contributed by atoms with Crippen LogP contribution in [0.2, 0.25) is 0 Å². The number of fused-ring (bicyclic) bond motifs is 1. The van der Waals surface area contributed by atoms with Crippen molar-refractivity contribution in [3.8, 4) is 12.3 Å². The van der Waals surface area contributed by atoms with Crippen LogP contribution in [-0.2, 0) is 0 Å². The number of anilines is 1. The van der Waals surface area contributed by atoms with Gasteiger partial charge in [-0.15, -0.1) is 6.42 Å². The SMILES string of the molecule is C#Cc1ccc(NC(=O)c2ccc3ccc(C(C)=O)cc3c2)cc1. The standard InChI is InChI=1S/C21H15NO2/c1-3-15-4-10-20(11-5-15)22-21(24)18-9-7-16-6-8-17(14(2)23)12-19(16)13-18/h1,4-13H,2H3,(H,22,24). The molecule has 0 aliphatic heterocycles. The zero-order valence-electron chi connectivity index (χ0n) is 13.2. The largest absolute Gasteiger partial charge is 0.322 e. The highest BCUT2D eigenvalue weighted by molar-refractivity contribution is 6.07. The second-order valence-corrected chi connectivity index (χ2v) is 5.51. The topological polar surface area (TPSA) is 46.2 Å². The minimum Gasteiger partial charge on any atom is -0.322 e. The fourth-order valence-electron chi connectivity index (χ4n) is 2.46. The first kappa shape index (κ1) is 15.5. The predicted molar refractivity (Wildman–Crippen MR) is 96.3 cm³/mol. The van der Waals surface area contributed by atoms with Crippen LogP contribution in [0.1, 0.15) is 33.2 Å². The Morgan fingerprint density at radius 2 is 1.50 bits per heavy atom. The van der Waals surface area contributed by atoms with Crippen molar-refractivity contribution < 1.29 is 9.59 Å². The van der Waals surface area contributed by atoms with Crippen molar-refractivity contribution in [3.63, 3.8) is 0 Å². The zero-order chi connectivity index (χ0) is 17.1. The van der Waals surface area contributed by atoms with E-state index in [1.54, 1.807) is 48.5 Å². The number of carbonyl (C=O) groups excluding carboxylic acids is 2. The van der Waals surface area contributed by atoms with Gasteiger partial charge in [-0.3, -0.25) is 9.59 Å². The van der Waals surface area contributed by atoms with Gasteiger partial charge in [-0.1, -0.05) is 24.1 Å². The Morgan fingerprint density at radius 1 is 0.875 bits per heavy atom. The minimum atomic E-state index is -0.210. The molecule has 1 N–H and O–H groups in total. The molecule has 3 aromatic carbocycles. The molecule has 3 rings (SSSR count). The van der Waals surface area contributed by atoms with Gasteiger partial charge in [0.05, 0.1) is 0 Å². The van der Waals surface area contributed by atoms with Crippen molar-refractivity contribution in [3.05, 3.63) is 77.4 Å². The Morgan fingerprint density at radius 3 is 2.12 bits per heavy atom. The molecule has 0 aromatic heterocycles. The number of benzene rings is 3. The first-order valence-corrected chi connectivity index (χ1v) is 7.49. The smallest absolute Gasteiger partial charge is 0.255 e. The first-order chi connectivity index (χ1) is 11.6. The van der Waals surface area contributed by atoms with Gasteiger partial charge < -0.3 is 5.32 Å². The monoisotopic (exact) mass is 313 g/mol. The summed E-state index contributed by atoms with van der Waals surface area (Å²) in [5.74, 6) is 2.32. The van der Waals surface area contributed by atoms with Crippen molar-refractivity contribution in [2.45, 2.75) is 6.92 Å². The molecule has 0 saturated carbocycles. The highest BCUT2D eigenvalue weighted by Crippen LogP contribution is 2.19. The van der Waals surface area contributed by atoms with E-state index < -0.39 is 0 Å². The van der Waals surface area contributed by atoms with E-state index in [0.29, 0.717) is 16.8 Å². The van der Waals surface area contributed by atoms with Gasteiger partial charge in [0.25, 0.3) is 5.91 Å². The van der Waals surface area contributed by atoms with Crippen molar-refractivity contribution >= 4 is 28.2 Å². The summed E-state index contributed by atoms with van der Waals surface area (Å²) in [5, 5.41) is 4.68. The zero-order valence-corrected chi connectivity index (χ0v) is 13.2. The Balaban J connectivity index is 1.88. The number of rotatable bonds is 3. The van der Waals surface area contributed by atoms with E-state index in [0.717, 1.165) is 16.3 Å². The minimum absolute atomic E-state index is 0.000331. The summed E-state index contributed by atoms with van der Waals surface area (Å²) in [4.78, 5) is 23.9. The van der Waals surface area contributed by atoms with E-state index in [-0.39, 0.29) is 11.7 Å². The Bertz CT molecular complexity index is 979. The molecule has 0 unspecified atom stereocenters. The average molecular weight is 313 g/mol. The average Bonchev–Trinajstić information content (AvgIpc) is 2.61. The summed E-state index contributed by atoms with van der Waals surface area (Å²) in [6, 6.07) is 18.0. The number of Topliss-reactive ketones (excluding diaryl/α,β-unsaturated/α-hetero) is 1. The molecule has 3 aromatic rings. The third-order valence-corrected chi connectivity index (χ3v) is 3.82. The Kier molecular flexibility index (Phi) is 4.13. The van der Waals surface area contributed by atoms with Crippen molar-refractivity contribution in [2.75, 3.05) is 5.32 Å². The number of terminal acetylenes is 1. The van der Waals surface area contributed by atoms with E-state index in [1.807, 2.05) is 12.1 Å². The third-order valence-electron chi connectivity index (χ3n) is 3.82. The van der Waals surface area contributed by atoms with Crippen molar-refractivity contribution in [1.29, 1.82) is 0 Å². The summed E-state index contributed by atoms with van der Waals surface area (Å²) < 4.78 is 0. The van der Waals surface area contributed by atoms with E-state index >= 15 is 0 Å². The van der Waals surface area contributed by atoms with Gasteiger partial charge in [-0.25, -0.2) is 0 Å². The van der Waals surface area contributed by atoms with E-state index in [9.17, 15) is 9.59 Å². The molecule has 0 aliphatic carbocycles. The number of amides is 1. The lowest BCUT2D eigenvalue weighted by atomic mass is 10.0. The van der Waals surface area contributed by atoms with Gasteiger partial charge in [-0.05, 0) is 60.2 Å². The molecule has 24 heavy (non-hydrogen) atoms. The van der Waals surface area contributed by atoms with Gasteiger partial charge in [0.2, 0.25) is 0 Å². The van der Waals surface area contributed by atoms with Crippen molar-refractivity contribution in [1.82, 2.24) is 0 Å². The number of hydrogen-bond acceptors (Lipinski definition) is 2. The molecule has 0 atom stereocenters. The molecular formula is C21H15NO2. The van der Waals surface area contributed by atoms with Crippen LogP contribution < -0.4 is 5.32 Å². The summed E-state index contributed by atoms with van der Waals surface area (Å²) in [5.41, 5.74) is 2.60. The van der Waals surface area contributed by atoms with Crippen LogP contribution in [0.3, 0.4) is 0 Å². The second kappa shape index (κ2) is 6.39. The van der Waals surface area contributed by atoms with Crippen LogP contribution in [0.25, 0.3) is 10.8 Å². The molecule has 0 fully saturated rings. The normalized spacial score (nSPS) is 10.2. The lowest BCUT2D eigenvalue weighted by Crippen LogP contribution is -2.11. The summed E-state index contributed by atoms with van der Waals surface area (Å²) >= 11 is 0. The molecular weight excluding hydrogens is 298 g/mol. The molecule has 3 nitrogen and oxygen atoms in total. The van der Waals surface area contributed by atoms with Gasteiger partial charge in [0.15, 0.2) is 5.78 Å². The maximum absolute atomic E-state index is 12.4. The quantitative estimate of drug-likeness (QED) is 0.579. The molecule has 0 spiro atoms. The van der Waals surface area contributed by atoms with E-state index in [4.69, 9.17) is 6.42 Å². The Hall–Kier alpha value is -3.38. The lowest BCUT2D eigenvalue weighted by molar-refractivity contribution is 0.101. The van der Waals surface area contributed by atoms with Crippen LogP contribution >= 0.6 is 0 Å².